The van der Waals surface area contributed by atoms with E-state index in [-0.39, 0.29) is 0 Å². The Morgan fingerprint density at radius 2 is 2.36 bits per heavy atom. The second-order valence-corrected chi connectivity index (χ2v) is 3.65. The molecule has 0 amide bonds. The van der Waals surface area contributed by atoms with Crippen molar-refractivity contribution in [1.82, 2.24) is 4.57 Å². The van der Waals surface area contributed by atoms with E-state index in [2.05, 4.69) is 34.1 Å². The Hall–Kier alpha value is -0.440. The smallest absolute Gasteiger partial charge is 0.240 e. The first-order valence-electron chi connectivity index (χ1n) is 3.83. The SMILES string of the molecule is CSCCCn1cc[n+](C)c1. The Morgan fingerprint density at radius 1 is 1.55 bits per heavy atom. The lowest BCUT2D eigenvalue weighted by atomic mass is 10.5. The van der Waals surface area contributed by atoms with Crippen molar-refractivity contribution in [3.05, 3.63) is 18.7 Å². The number of thioether (sulfide) groups is 1. The van der Waals surface area contributed by atoms with Crippen molar-refractivity contribution in [2.24, 2.45) is 7.05 Å². The quantitative estimate of drug-likeness (QED) is 0.486. The molecule has 1 aromatic heterocycles. The minimum Gasteiger partial charge on any atom is -0.240 e. The summed E-state index contributed by atoms with van der Waals surface area (Å²) in [5, 5.41) is 0. The Labute approximate surface area is 72.2 Å². The largest absolute Gasteiger partial charge is 0.243 e. The number of imidazole rings is 1. The standard InChI is InChI=1S/C8H15N2S/c1-9-5-6-10(8-9)4-3-7-11-2/h5-6,8H,3-4,7H2,1-2H3/q+1. The molecule has 1 aromatic rings. The van der Waals surface area contributed by atoms with E-state index in [1.54, 1.807) is 0 Å². The fraction of sp³-hybridized carbons (Fsp3) is 0.625. The fourth-order valence-electron chi connectivity index (χ4n) is 1.03. The van der Waals surface area contributed by atoms with Crippen LogP contribution in [-0.4, -0.2) is 16.6 Å². The van der Waals surface area contributed by atoms with Gasteiger partial charge in [0, 0.05) is 0 Å². The van der Waals surface area contributed by atoms with Crippen LogP contribution in [0.15, 0.2) is 18.7 Å². The third-order valence-electron chi connectivity index (χ3n) is 1.59. The molecule has 0 radical (unpaired) electrons. The van der Waals surface area contributed by atoms with Gasteiger partial charge >= 0.3 is 0 Å². The molecular formula is C8H15N2S+. The summed E-state index contributed by atoms with van der Waals surface area (Å²) in [6, 6.07) is 0. The monoisotopic (exact) mass is 171 g/mol. The van der Waals surface area contributed by atoms with E-state index in [1.807, 2.05) is 18.8 Å². The molecule has 3 heteroatoms. The summed E-state index contributed by atoms with van der Waals surface area (Å²) in [5.41, 5.74) is 0. The number of hydrogen-bond donors (Lipinski definition) is 0. The van der Waals surface area contributed by atoms with E-state index >= 15 is 0 Å². The van der Waals surface area contributed by atoms with Crippen molar-refractivity contribution in [2.75, 3.05) is 12.0 Å². The topological polar surface area (TPSA) is 8.81 Å². The van der Waals surface area contributed by atoms with Gasteiger partial charge in [-0.2, -0.15) is 11.8 Å². The van der Waals surface area contributed by atoms with Gasteiger partial charge < -0.3 is 0 Å². The summed E-state index contributed by atoms with van der Waals surface area (Å²) >= 11 is 1.91. The van der Waals surface area contributed by atoms with Gasteiger partial charge in [0.15, 0.2) is 0 Å². The summed E-state index contributed by atoms with van der Waals surface area (Å²) in [5.74, 6) is 1.25. The van der Waals surface area contributed by atoms with E-state index in [0.29, 0.717) is 0 Å². The van der Waals surface area contributed by atoms with Crippen molar-refractivity contribution in [3.8, 4) is 0 Å². The predicted molar refractivity (Wildman–Crippen MR) is 48.6 cm³/mol. The van der Waals surface area contributed by atoms with Crippen LogP contribution in [0.3, 0.4) is 0 Å². The van der Waals surface area contributed by atoms with Crippen LogP contribution in [0.1, 0.15) is 6.42 Å². The minimum atomic E-state index is 1.14. The molecule has 0 atom stereocenters. The number of nitrogens with zero attached hydrogens (tertiary/aromatic N) is 2. The van der Waals surface area contributed by atoms with Gasteiger partial charge in [0.1, 0.15) is 12.4 Å². The molecule has 2 nitrogen and oxygen atoms in total. The third kappa shape index (κ3) is 2.97. The molecule has 0 unspecified atom stereocenters. The second kappa shape index (κ2) is 4.44. The lowest BCUT2D eigenvalue weighted by Gasteiger charge is -1.93. The highest BCUT2D eigenvalue weighted by Gasteiger charge is 1.97. The molecule has 0 fully saturated rings. The molecule has 62 valence electrons. The zero-order valence-electron chi connectivity index (χ0n) is 7.16. The van der Waals surface area contributed by atoms with Gasteiger partial charge in [-0.1, -0.05) is 0 Å². The Kier molecular flexibility index (Phi) is 3.49. The van der Waals surface area contributed by atoms with Crippen molar-refractivity contribution in [2.45, 2.75) is 13.0 Å². The summed E-state index contributed by atoms with van der Waals surface area (Å²) in [6.45, 7) is 1.14. The Bertz CT molecular complexity index is 208. The van der Waals surface area contributed by atoms with Crippen LogP contribution in [0.25, 0.3) is 0 Å². The van der Waals surface area contributed by atoms with Gasteiger partial charge in [0.05, 0.1) is 13.6 Å². The number of aryl methyl sites for hydroxylation is 2. The van der Waals surface area contributed by atoms with E-state index in [0.717, 1.165) is 6.54 Å². The first kappa shape index (κ1) is 8.65. The van der Waals surface area contributed by atoms with Crippen molar-refractivity contribution >= 4 is 11.8 Å². The molecule has 0 aliphatic carbocycles. The molecule has 0 aliphatic rings. The van der Waals surface area contributed by atoms with Gasteiger partial charge in [-0.05, 0) is 18.4 Å². The van der Waals surface area contributed by atoms with Crippen LogP contribution in [0.5, 0.6) is 0 Å². The van der Waals surface area contributed by atoms with Crippen molar-refractivity contribution < 1.29 is 4.57 Å². The first-order valence-corrected chi connectivity index (χ1v) is 5.22. The lowest BCUT2D eigenvalue weighted by molar-refractivity contribution is -0.671. The average Bonchev–Trinajstić information content (AvgIpc) is 2.37. The van der Waals surface area contributed by atoms with Crippen LogP contribution in [0.4, 0.5) is 0 Å². The maximum absolute atomic E-state index is 2.22. The fourth-order valence-corrected chi connectivity index (χ4v) is 1.44. The third-order valence-corrected chi connectivity index (χ3v) is 2.29. The molecule has 0 saturated carbocycles. The Balaban J connectivity index is 2.27. The first-order chi connectivity index (χ1) is 5.33. The zero-order valence-corrected chi connectivity index (χ0v) is 7.97. The minimum absolute atomic E-state index is 1.14. The predicted octanol–water partition coefficient (Wildman–Crippen LogP) is 1.07. The van der Waals surface area contributed by atoms with E-state index in [4.69, 9.17) is 0 Å². The highest BCUT2D eigenvalue weighted by molar-refractivity contribution is 7.98. The maximum Gasteiger partial charge on any atom is 0.243 e. The van der Waals surface area contributed by atoms with Gasteiger partial charge in [0.25, 0.3) is 0 Å². The van der Waals surface area contributed by atoms with Crippen LogP contribution in [-0.2, 0) is 13.6 Å². The zero-order chi connectivity index (χ0) is 8.10. The van der Waals surface area contributed by atoms with Gasteiger partial charge in [-0.15, -0.1) is 0 Å². The normalized spacial score (nSPS) is 10.4. The molecular weight excluding hydrogens is 156 g/mol. The van der Waals surface area contributed by atoms with E-state index in [1.165, 1.54) is 12.2 Å². The highest BCUT2D eigenvalue weighted by atomic mass is 32.2. The Morgan fingerprint density at radius 3 is 2.91 bits per heavy atom. The molecule has 0 aliphatic heterocycles. The second-order valence-electron chi connectivity index (χ2n) is 2.66. The lowest BCUT2D eigenvalue weighted by Crippen LogP contribution is -2.23. The molecule has 0 bridgehead atoms. The van der Waals surface area contributed by atoms with Crippen LogP contribution in [0, 0.1) is 0 Å². The number of hydrogen-bond acceptors (Lipinski definition) is 1. The van der Waals surface area contributed by atoms with Gasteiger partial charge in [-0.25, -0.2) is 9.13 Å². The molecule has 0 N–H and O–H groups in total. The molecule has 1 heterocycles. The van der Waals surface area contributed by atoms with E-state index in [9.17, 15) is 0 Å². The molecule has 0 aromatic carbocycles. The molecule has 1 rings (SSSR count). The summed E-state index contributed by atoms with van der Waals surface area (Å²) < 4.78 is 4.29. The van der Waals surface area contributed by atoms with Gasteiger partial charge in [-0.3, -0.25) is 0 Å². The maximum atomic E-state index is 2.22. The van der Waals surface area contributed by atoms with Crippen LogP contribution in [0.2, 0.25) is 0 Å². The van der Waals surface area contributed by atoms with E-state index < -0.39 is 0 Å². The van der Waals surface area contributed by atoms with Crippen LogP contribution >= 0.6 is 11.8 Å². The van der Waals surface area contributed by atoms with Crippen molar-refractivity contribution in [3.63, 3.8) is 0 Å². The summed E-state index contributed by atoms with van der Waals surface area (Å²) in [4.78, 5) is 0. The van der Waals surface area contributed by atoms with Gasteiger partial charge in [0.2, 0.25) is 6.33 Å². The molecule has 11 heavy (non-hydrogen) atoms. The average molecular weight is 171 g/mol. The molecule has 0 saturated heterocycles. The summed E-state index contributed by atoms with van der Waals surface area (Å²) in [7, 11) is 2.05. The number of aromatic nitrogens is 2. The van der Waals surface area contributed by atoms with Crippen LogP contribution < -0.4 is 4.57 Å². The number of rotatable bonds is 4. The van der Waals surface area contributed by atoms with Crippen molar-refractivity contribution in [1.29, 1.82) is 0 Å². The highest BCUT2D eigenvalue weighted by Crippen LogP contribution is 1.97. The summed E-state index contributed by atoms with van der Waals surface area (Å²) in [6.07, 6.45) is 9.70. The molecule has 0 spiro atoms.